The van der Waals surface area contributed by atoms with Crippen molar-refractivity contribution in [3.63, 3.8) is 0 Å². The first-order chi connectivity index (χ1) is 9.02. The van der Waals surface area contributed by atoms with Gasteiger partial charge >= 0.3 is 0 Å². The molecule has 0 aliphatic rings. The minimum Gasteiger partial charge on any atom is -0.494 e. The summed E-state index contributed by atoms with van der Waals surface area (Å²) in [5.41, 5.74) is 6.21. The summed E-state index contributed by atoms with van der Waals surface area (Å²) in [6, 6.07) is 3.44. The Morgan fingerprint density at radius 2 is 2.21 bits per heavy atom. The van der Waals surface area contributed by atoms with Crippen LogP contribution in [0.2, 0.25) is 0 Å². The lowest BCUT2D eigenvalue weighted by Crippen LogP contribution is -2.23. The molecule has 2 aromatic rings. The zero-order chi connectivity index (χ0) is 14.0. The molecule has 0 radical (unpaired) electrons. The van der Waals surface area contributed by atoms with Gasteiger partial charge in [-0.3, -0.25) is 0 Å². The van der Waals surface area contributed by atoms with Crippen molar-refractivity contribution >= 4 is 0 Å². The van der Waals surface area contributed by atoms with Crippen LogP contribution in [0.3, 0.4) is 0 Å². The van der Waals surface area contributed by atoms with Crippen LogP contribution in [0.25, 0.3) is 11.4 Å². The molecule has 1 heterocycles. The summed E-state index contributed by atoms with van der Waals surface area (Å²) >= 11 is 0. The Kier molecular flexibility index (Phi) is 3.77. The lowest BCUT2D eigenvalue weighted by Gasteiger charge is -2.08. The van der Waals surface area contributed by atoms with E-state index in [9.17, 15) is 9.50 Å². The lowest BCUT2D eigenvalue weighted by molar-refractivity contribution is 0.146. The third-order valence-corrected chi connectivity index (χ3v) is 2.66. The Morgan fingerprint density at radius 1 is 1.47 bits per heavy atom. The van der Waals surface area contributed by atoms with Crippen LogP contribution in [-0.2, 0) is 0 Å². The summed E-state index contributed by atoms with van der Waals surface area (Å²) in [5, 5.41) is 13.1. The number of ether oxygens (including phenoxy) is 1. The van der Waals surface area contributed by atoms with E-state index < -0.39 is 18.0 Å². The summed E-state index contributed by atoms with van der Waals surface area (Å²) in [6.45, 7) is 1.52. The molecule has 0 aliphatic heterocycles. The fraction of sp³-hybridized carbons (Fsp3) is 0.333. The number of rotatable bonds is 4. The molecular weight excluding hydrogens is 253 g/mol. The Labute approximate surface area is 109 Å². The van der Waals surface area contributed by atoms with E-state index in [-0.39, 0.29) is 17.5 Å². The molecule has 2 rings (SSSR count). The second-order valence-corrected chi connectivity index (χ2v) is 4.07. The number of halogens is 1. The van der Waals surface area contributed by atoms with Crippen LogP contribution in [0.4, 0.5) is 4.39 Å². The third kappa shape index (κ3) is 2.72. The molecule has 0 bridgehead atoms. The highest BCUT2D eigenvalue weighted by Crippen LogP contribution is 2.25. The van der Waals surface area contributed by atoms with Gasteiger partial charge in [0, 0.05) is 5.56 Å². The number of nitrogens with zero attached hydrogens (tertiary/aromatic N) is 2. The minimum absolute atomic E-state index is 0.0867. The summed E-state index contributed by atoms with van der Waals surface area (Å²) in [4.78, 5) is 4.07. The van der Waals surface area contributed by atoms with Gasteiger partial charge in [-0.05, 0) is 25.1 Å². The van der Waals surface area contributed by atoms with Gasteiger partial charge in [0.2, 0.25) is 11.7 Å². The highest BCUT2D eigenvalue weighted by Gasteiger charge is 2.20. The molecule has 0 saturated carbocycles. The van der Waals surface area contributed by atoms with E-state index in [1.807, 2.05) is 0 Å². The Hall–Kier alpha value is -1.99. The van der Waals surface area contributed by atoms with Crippen molar-refractivity contribution in [3.8, 4) is 17.1 Å². The van der Waals surface area contributed by atoms with Crippen molar-refractivity contribution in [2.24, 2.45) is 5.73 Å². The molecular formula is C12H14FN3O3. The van der Waals surface area contributed by atoms with E-state index in [2.05, 4.69) is 10.1 Å². The predicted octanol–water partition coefficient (Wildman–Crippen LogP) is 1.26. The van der Waals surface area contributed by atoms with Crippen molar-refractivity contribution in [1.29, 1.82) is 0 Å². The van der Waals surface area contributed by atoms with Crippen LogP contribution in [0.5, 0.6) is 5.75 Å². The molecule has 19 heavy (non-hydrogen) atoms. The molecule has 1 aromatic heterocycles. The molecule has 0 spiro atoms. The maximum atomic E-state index is 13.3. The van der Waals surface area contributed by atoms with Gasteiger partial charge in [0.05, 0.1) is 13.2 Å². The second kappa shape index (κ2) is 5.33. The summed E-state index contributed by atoms with van der Waals surface area (Å²) in [5.74, 6) is -0.0167. The summed E-state index contributed by atoms with van der Waals surface area (Å²) < 4.78 is 23.1. The topological polar surface area (TPSA) is 94.4 Å². The molecule has 3 N–H and O–H groups in total. The molecule has 0 fully saturated rings. The predicted molar refractivity (Wildman–Crippen MR) is 64.9 cm³/mol. The van der Waals surface area contributed by atoms with Crippen molar-refractivity contribution in [2.75, 3.05) is 7.11 Å². The van der Waals surface area contributed by atoms with E-state index in [0.29, 0.717) is 5.56 Å². The fourth-order valence-corrected chi connectivity index (χ4v) is 1.49. The standard InChI is InChI=1S/C12H14FN3O3/c1-6(17)10(14)12-15-11(16-19-12)7-3-4-8(13)9(5-7)18-2/h3-6,10,17H,14H2,1-2H3/t6-,10+/m1/s1. The number of methoxy groups -OCH3 is 1. The maximum Gasteiger partial charge on any atom is 0.246 e. The number of aliphatic hydroxyl groups excluding tert-OH is 1. The highest BCUT2D eigenvalue weighted by molar-refractivity contribution is 5.57. The van der Waals surface area contributed by atoms with Crippen LogP contribution in [0.15, 0.2) is 22.7 Å². The Bertz CT molecular complexity index is 571. The smallest absolute Gasteiger partial charge is 0.246 e. The van der Waals surface area contributed by atoms with Gasteiger partial charge in [-0.1, -0.05) is 5.16 Å². The van der Waals surface area contributed by atoms with Gasteiger partial charge in [0.25, 0.3) is 0 Å². The Balaban J connectivity index is 2.32. The summed E-state index contributed by atoms with van der Waals surface area (Å²) in [7, 11) is 1.37. The molecule has 0 aliphatic carbocycles. The van der Waals surface area contributed by atoms with Crippen LogP contribution in [-0.4, -0.2) is 28.5 Å². The zero-order valence-electron chi connectivity index (χ0n) is 10.5. The molecule has 0 saturated heterocycles. The monoisotopic (exact) mass is 267 g/mol. The van der Waals surface area contributed by atoms with Gasteiger partial charge in [0.15, 0.2) is 11.6 Å². The second-order valence-electron chi connectivity index (χ2n) is 4.07. The molecule has 1 aromatic carbocycles. The van der Waals surface area contributed by atoms with Gasteiger partial charge in [-0.2, -0.15) is 4.98 Å². The van der Waals surface area contributed by atoms with E-state index in [1.165, 1.54) is 32.2 Å². The molecule has 0 unspecified atom stereocenters. The molecule has 6 nitrogen and oxygen atoms in total. The van der Waals surface area contributed by atoms with Gasteiger partial charge in [0.1, 0.15) is 6.04 Å². The molecule has 7 heteroatoms. The Morgan fingerprint density at radius 3 is 2.84 bits per heavy atom. The average Bonchev–Trinajstić information content (AvgIpc) is 2.87. The van der Waals surface area contributed by atoms with Crippen molar-refractivity contribution in [1.82, 2.24) is 10.1 Å². The van der Waals surface area contributed by atoms with E-state index in [0.717, 1.165) is 0 Å². The van der Waals surface area contributed by atoms with Gasteiger partial charge < -0.3 is 20.1 Å². The largest absolute Gasteiger partial charge is 0.494 e. The van der Waals surface area contributed by atoms with Gasteiger partial charge in [-0.15, -0.1) is 0 Å². The first-order valence-corrected chi connectivity index (χ1v) is 5.64. The SMILES string of the molecule is COc1cc(-c2noc([C@@H](N)[C@@H](C)O)n2)ccc1F. The number of hydrogen-bond donors (Lipinski definition) is 2. The van der Waals surface area contributed by atoms with E-state index in [1.54, 1.807) is 0 Å². The minimum atomic E-state index is -0.809. The number of benzene rings is 1. The lowest BCUT2D eigenvalue weighted by atomic mass is 10.2. The van der Waals surface area contributed by atoms with Crippen LogP contribution < -0.4 is 10.5 Å². The van der Waals surface area contributed by atoms with E-state index >= 15 is 0 Å². The van der Waals surface area contributed by atoms with Gasteiger partial charge in [-0.25, -0.2) is 4.39 Å². The number of aliphatic hydroxyl groups is 1. The van der Waals surface area contributed by atoms with E-state index in [4.69, 9.17) is 15.0 Å². The number of nitrogens with two attached hydrogens (primary N) is 1. The number of hydrogen-bond acceptors (Lipinski definition) is 6. The third-order valence-electron chi connectivity index (χ3n) is 2.66. The molecule has 102 valence electrons. The number of aromatic nitrogens is 2. The fourth-order valence-electron chi connectivity index (χ4n) is 1.49. The first-order valence-electron chi connectivity index (χ1n) is 5.64. The highest BCUT2D eigenvalue weighted by atomic mass is 19.1. The van der Waals surface area contributed by atoms with Crippen molar-refractivity contribution in [3.05, 3.63) is 29.9 Å². The molecule has 2 atom stereocenters. The zero-order valence-corrected chi connectivity index (χ0v) is 10.5. The van der Waals surface area contributed by atoms with Crippen molar-refractivity contribution < 1.29 is 18.8 Å². The summed E-state index contributed by atoms with van der Waals surface area (Å²) in [6.07, 6.45) is -0.809. The average molecular weight is 267 g/mol. The van der Waals surface area contributed by atoms with Crippen LogP contribution in [0.1, 0.15) is 18.9 Å². The van der Waals surface area contributed by atoms with Crippen LogP contribution in [0, 0.1) is 5.82 Å². The van der Waals surface area contributed by atoms with Crippen molar-refractivity contribution in [2.45, 2.75) is 19.1 Å². The molecule has 0 amide bonds. The quantitative estimate of drug-likeness (QED) is 0.866. The van der Waals surface area contributed by atoms with Crippen LogP contribution >= 0.6 is 0 Å². The first kappa shape index (κ1) is 13.4. The normalized spacial score (nSPS) is 14.2. The maximum absolute atomic E-state index is 13.3.